The van der Waals surface area contributed by atoms with Crippen LogP contribution in [-0.4, -0.2) is 20.4 Å². The maximum Gasteiger partial charge on any atom is 0.244 e. The Labute approximate surface area is 132 Å². The van der Waals surface area contributed by atoms with Crippen LogP contribution in [-0.2, 0) is 11.3 Å². The van der Waals surface area contributed by atoms with Gasteiger partial charge in [0.25, 0.3) is 0 Å². The molecule has 1 heterocycles. The third kappa shape index (κ3) is 2.82. The summed E-state index contributed by atoms with van der Waals surface area (Å²) >= 11 is 4.99. The second-order valence-corrected chi connectivity index (χ2v) is 5.26. The first-order chi connectivity index (χ1) is 10.6. The predicted molar refractivity (Wildman–Crippen MR) is 90.7 cm³/mol. The fourth-order valence-corrected chi connectivity index (χ4v) is 2.47. The Bertz CT molecular complexity index is 856. The quantitative estimate of drug-likeness (QED) is 0.725. The van der Waals surface area contributed by atoms with Crippen LogP contribution >= 0.6 is 12.2 Å². The summed E-state index contributed by atoms with van der Waals surface area (Å²) in [5.74, 6) is -0.160. The molecular weight excluding hydrogens is 296 g/mol. The first-order valence-corrected chi connectivity index (χ1v) is 7.14. The van der Waals surface area contributed by atoms with Gasteiger partial charge in [0, 0.05) is 5.56 Å². The van der Waals surface area contributed by atoms with Crippen molar-refractivity contribution >= 4 is 39.8 Å². The van der Waals surface area contributed by atoms with E-state index in [1.807, 2.05) is 36.4 Å². The number of anilines is 1. The molecule has 0 unspecified atom stereocenters. The standard InChI is InChI=1S/C16H14N4OS/c17-16(22)11-5-1-2-6-12(11)19-15(21)9-20-10-18-13-7-3-4-8-14(13)20/h1-8,10H,9H2,(H2,17,22)(H,19,21). The molecule has 0 bridgehead atoms. The number of rotatable bonds is 4. The van der Waals surface area contributed by atoms with Crippen molar-refractivity contribution in [3.05, 3.63) is 60.4 Å². The number of hydrogen-bond acceptors (Lipinski definition) is 3. The molecule has 22 heavy (non-hydrogen) atoms. The van der Waals surface area contributed by atoms with Gasteiger partial charge in [-0.1, -0.05) is 36.5 Å². The molecule has 0 spiro atoms. The molecule has 2 aromatic carbocycles. The number of nitrogens with one attached hydrogen (secondary N) is 1. The van der Waals surface area contributed by atoms with Crippen molar-refractivity contribution in [2.45, 2.75) is 6.54 Å². The number of hydrogen-bond donors (Lipinski definition) is 2. The fourth-order valence-electron chi connectivity index (χ4n) is 2.29. The van der Waals surface area contributed by atoms with E-state index >= 15 is 0 Å². The largest absolute Gasteiger partial charge is 0.389 e. The summed E-state index contributed by atoms with van der Waals surface area (Å²) < 4.78 is 1.80. The number of para-hydroxylation sites is 3. The third-order valence-electron chi connectivity index (χ3n) is 3.31. The van der Waals surface area contributed by atoms with Crippen molar-refractivity contribution < 1.29 is 4.79 Å². The maximum absolute atomic E-state index is 12.3. The number of carbonyl (C=O) groups is 1. The molecular formula is C16H14N4OS. The van der Waals surface area contributed by atoms with E-state index in [1.165, 1.54) is 0 Å². The smallest absolute Gasteiger partial charge is 0.244 e. The summed E-state index contributed by atoms with van der Waals surface area (Å²) in [6.07, 6.45) is 1.66. The van der Waals surface area contributed by atoms with E-state index in [1.54, 1.807) is 23.0 Å². The molecule has 0 radical (unpaired) electrons. The molecule has 3 N–H and O–H groups in total. The van der Waals surface area contributed by atoms with Crippen molar-refractivity contribution in [3.63, 3.8) is 0 Å². The van der Waals surface area contributed by atoms with Crippen molar-refractivity contribution in [3.8, 4) is 0 Å². The summed E-state index contributed by atoms with van der Waals surface area (Å²) in [4.78, 5) is 16.8. The van der Waals surface area contributed by atoms with E-state index in [0.717, 1.165) is 11.0 Å². The van der Waals surface area contributed by atoms with Crippen LogP contribution in [0.15, 0.2) is 54.9 Å². The van der Waals surface area contributed by atoms with Gasteiger partial charge >= 0.3 is 0 Å². The van der Waals surface area contributed by atoms with Crippen LogP contribution in [0.4, 0.5) is 5.69 Å². The predicted octanol–water partition coefficient (Wildman–Crippen LogP) is 2.31. The molecule has 0 saturated carbocycles. The van der Waals surface area contributed by atoms with E-state index in [2.05, 4.69) is 10.3 Å². The number of carbonyl (C=O) groups excluding carboxylic acids is 1. The Morgan fingerprint density at radius 1 is 1.18 bits per heavy atom. The fraction of sp³-hybridized carbons (Fsp3) is 0.0625. The topological polar surface area (TPSA) is 72.9 Å². The second-order valence-electron chi connectivity index (χ2n) is 4.82. The van der Waals surface area contributed by atoms with Crippen LogP contribution in [0.3, 0.4) is 0 Å². The number of nitrogens with two attached hydrogens (primary N) is 1. The number of thiocarbonyl (C=S) groups is 1. The average molecular weight is 310 g/mol. The van der Waals surface area contributed by atoms with E-state index in [9.17, 15) is 4.79 Å². The minimum absolute atomic E-state index is 0.160. The Balaban J connectivity index is 1.80. The summed E-state index contributed by atoms with van der Waals surface area (Å²) in [7, 11) is 0. The zero-order valence-electron chi connectivity index (χ0n) is 11.7. The lowest BCUT2D eigenvalue weighted by molar-refractivity contribution is -0.116. The van der Waals surface area contributed by atoms with Crippen molar-refractivity contribution in [2.24, 2.45) is 5.73 Å². The molecule has 0 atom stereocenters. The van der Waals surface area contributed by atoms with Gasteiger partial charge in [-0.05, 0) is 24.3 Å². The lowest BCUT2D eigenvalue weighted by atomic mass is 10.2. The van der Waals surface area contributed by atoms with Crippen molar-refractivity contribution in [1.82, 2.24) is 9.55 Å². The Hall–Kier alpha value is -2.73. The van der Waals surface area contributed by atoms with Gasteiger partial charge in [0.05, 0.1) is 23.0 Å². The lowest BCUT2D eigenvalue weighted by Crippen LogP contribution is -2.21. The first kappa shape index (κ1) is 14.2. The number of imidazole rings is 1. The molecule has 110 valence electrons. The number of aromatic nitrogens is 2. The maximum atomic E-state index is 12.3. The van der Waals surface area contributed by atoms with Gasteiger partial charge in [0.2, 0.25) is 5.91 Å². The molecule has 0 fully saturated rings. The molecule has 0 aliphatic carbocycles. The van der Waals surface area contributed by atoms with Gasteiger partial charge in [-0.15, -0.1) is 0 Å². The minimum atomic E-state index is -0.160. The van der Waals surface area contributed by atoms with Crippen LogP contribution in [0.5, 0.6) is 0 Å². The number of fused-ring (bicyclic) bond motifs is 1. The molecule has 1 amide bonds. The lowest BCUT2D eigenvalue weighted by Gasteiger charge is -2.10. The van der Waals surface area contributed by atoms with Crippen molar-refractivity contribution in [1.29, 1.82) is 0 Å². The monoisotopic (exact) mass is 310 g/mol. The summed E-state index contributed by atoms with van der Waals surface area (Å²) in [5, 5.41) is 2.84. The van der Waals surface area contributed by atoms with Crippen LogP contribution in [0, 0.1) is 0 Å². The van der Waals surface area contributed by atoms with Gasteiger partial charge < -0.3 is 15.6 Å². The van der Waals surface area contributed by atoms with Crippen LogP contribution in [0.25, 0.3) is 11.0 Å². The summed E-state index contributed by atoms with van der Waals surface area (Å²) in [6.45, 7) is 0.173. The average Bonchev–Trinajstić information content (AvgIpc) is 2.91. The SMILES string of the molecule is NC(=S)c1ccccc1NC(=O)Cn1cnc2ccccc21. The second kappa shape index (κ2) is 5.95. The highest BCUT2D eigenvalue weighted by Crippen LogP contribution is 2.16. The van der Waals surface area contributed by atoms with Crippen LogP contribution in [0.2, 0.25) is 0 Å². The molecule has 6 heteroatoms. The molecule has 5 nitrogen and oxygen atoms in total. The molecule has 3 rings (SSSR count). The highest BCUT2D eigenvalue weighted by molar-refractivity contribution is 7.80. The van der Waals surface area contributed by atoms with E-state index in [4.69, 9.17) is 18.0 Å². The Morgan fingerprint density at radius 2 is 1.91 bits per heavy atom. The summed E-state index contributed by atoms with van der Waals surface area (Å²) in [6, 6.07) is 14.9. The van der Waals surface area contributed by atoms with Gasteiger partial charge in [-0.25, -0.2) is 4.98 Å². The first-order valence-electron chi connectivity index (χ1n) is 6.74. The zero-order chi connectivity index (χ0) is 15.5. The highest BCUT2D eigenvalue weighted by atomic mass is 32.1. The Kier molecular flexibility index (Phi) is 3.84. The van der Waals surface area contributed by atoms with E-state index in [-0.39, 0.29) is 17.4 Å². The van der Waals surface area contributed by atoms with Gasteiger partial charge in [-0.2, -0.15) is 0 Å². The molecule has 1 aromatic heterocycles. The zero-order valence-corrected chi connectivity index (χ0v) is 12.5. The summed E-state index contributed by atoms with van der Waals surface area (Å²) in [5.41, 5.74) is 8.71. The molecule has 3 aromatic rings. The molecule has 0 aliphatic heterocycles. The molecule has 0 saturated heterocycles. The normalized spacial score (nSPS) is 10.5. The number of benzene rings is 2. The minimum Gasteiger partial charge on any atom is -0.389 e. The van der Waals surface area contributed by atoms with Gasteiger partial charge in [0.15, 0.2) is 0 Å². The van der Waals surface area contributed by atoms with E-state index < -0.39 is 0 Å². The third-order valence-corrected chi connectivity index (χ3v) is 3.53. The Morgan fingerprint density at radius 3 is 2.73 bits per heavy atom. The number of nitrogens with zero attached hydrogens (tertiary/aromatic N) is 2. The van der Waals surface area contributed by atoms with Gasteiger partial charge in [0.1, 0.15) is 11.5 Å². The number of amides is 1. The van der Waals surface area contributed by atoms with E-state index in [0.29, 0.717) is 11.3 Å². The van der Waals surface area contributed by atoms with Crippen LogP contribution < -0.4 is 11.1 Å². The molecule has 0 aliphatic rings. The van der Waals surface area contributed by atoms with Crippen molar-refractivity contribution in [2.75, 3.05) is 5.32 Å². The van der Waals surface area contributed by atoms with Gasteiger partial charge in [-0.3, -0.25) is 4.79 Å². The van der Waals surface area contributed by atoms with Crippen LogP contribution in [0.1, 0.15) is 5.56 Å². The highest BCUT2D eigenvalue weighted by Gasteiger charge is 2.10.